The number of fused-ring (bicyclic) bond motifs is 1. The summed E-state index contributed by atoms with van der Waals surface area (Å²) in [6.45, 7) is 6.26. The number of thiophene rings is 1. The van der Waals surface area contributed by atoms with Crippen LogP contribution in [0.1, 0.15) is 21.6 Å². The number of hydrogen-bond donors (Lipinski definition) is 0. The van der Waals surface area contributed by atoms with Gasteiger partial charge in [0.15, 0.2) is 5.16 Å². The molecule has 0 atom stereocenters. The Morgan fingerprint density at radius 1 is 1.10 bits per heavy atom. The van der Waals surface area contributed by atoms with Gasteiger partial charge in [-0.15, -0.1) is 11.3 Å². The molecule has 0 unspecified atom stereocenters. The van der Waals surface area contributed by atoms with Gasteiger partial charge >= 0.3 is 0 Å². The summed E-state index contributed by atoms with van der Waals surface area (Å²) in [7, 11) is 0. The van der Waals surface area contributed by atoms with E-state index in [1.165, 1.54) is 21.6 Å². The predicted molar refractivity (Wildman–Crippen MR) is 92.6 cm³/mol. The minimum Gasteiger partial charge on any atom is -0.211 e. The molecule has 3 aromatic rings. The summed E-state index contributed by atoms with van der Waals surface area (Å²) in [4.78, 5) is 11.3. The molecule has 2 nitrogen and oxygen atoms in total. The van der Waals surface area contributed by atoms with Gasteiger partial charge in [0, 0.05) is 10.6 Å². The first-order valence-electron chi connectivity index (χ1n) is 6.66. The smallest absolute Gasteiger partial charge is 0.190 e. The van der Waals surface area contributed by atoms with Gasteiger partial charge < -0.3 is 0 Å². The van der Waals surface area contributed by atoms with Crippen LogP contribution in [0.5, 0.6) is 0 Å². The van der Waals surface area contributed by atoms with E-state index in [-0.39, 0.29) is 0 Å². The summed E-state index contributed by atoms with van der Waals surface area (Å²) in [6.07, 6.45) is 0. The summed E-state index contributed by atoms with van der Waals surface area (Å²) in [5, 5.41) is 2.31. The third-order valence-electron chi connectivity index (χ3n) is 3.45. The Balaban J connectivity index is 1.86. The van der Waals surface area contributed by atoms with Crippen LogP contribution in [0.2, 0.25) is 5.15 Å². The second-order valence-corrected chi connectivity index (χ2v) is 7.54. The summed E-state index contributed by atoms with van der Waals surface area (Å²) < 4.78 is 0. The first-order valence-corrected chi connectivity index (χ1v) is 8.84. The van der Waals surface area contributed by atoms with Crippen LogP contribution in [0.4, 0.5) is 0 Å². The highest BCUT2D eigenvalue weighted by Gasteiger charge is 2.13. The second-order valence-electron chi connectivity index (χ2n) is 5.03. The highest BCUT2D eigenvalue weighted by atomic mass is 35.5. The lowest BCUT2D eigenvalue weighted by molar-refractivity contribution is 1.01. The molecule has 108 valence electrons. The average Bonchev–Trinajstić information content (AvgIpc) is 2.74. The summed E-state index contributed by atoms with van der Waals surface area (Å²) in [5.41, 5.74) is 3.73. The maximum atomic E-state index is 6.33. The van der Waals surface area contributed by atoms with Crippen molar-refractivity contribution in [2.45, 2.75) is 31.7 Å². The van der Waals surface area contributed by atoms with E-state index in [0.717, 1.165) is 21.1 Å². The standard InChI is InChI=1S/C16H15ClN2S2/c1-9-4-6-12(7-5-9)8-20-16-18-14(17)13-10(2)11(3)21-15(13)19-16/h4-7H,8H2,1-3H3. The molecule has 0 amide bonds. The molecule has 0 aliphatic carbocycles. The highest BCUT2D eigenvalue weighted by molar-refractivity contribution is 7.98. The zero-order valence-electron chi connectivity index (χ0n) is 12.1. The zero-order valence-corrected chi connectivity index (χ0v) is 14.5. The topological polar surface area (TPSA) is 25.8 Å². The molecular weight excluding hydrogens is 320 g/mol. The lowest BCUT2D eigenvalue weighted by atomic mass is 10.2. The van der Waals surface area contributed by atoms with Crippen LogP contribution >= 0.6 is 34.7 Å². The van der Waals surface area contributed by atoms with Gasteiger partial charge in [-0.1, -0.05) is 53.2 Å². The Labute approximate surface area is 137 Å². The normalized spacial score (nSPS) is 11.2. The van der Waals surface area contributed by atoms with E-state index in [1.807, 2.05) is 0 Å². The van der Waals surface area contributed by atoms with Crippen LogP contribution in [0.15, 0.2) is 29.4 Å². The third-order valence-corrected chi connectivity index (χ3v) is 5.75. The van der Waals surface area contributed by atoms with Crippen molar-refractivity contribution in [3.63, 3.8) is 0 Å². The molecule has 0 aliphatic heterocycles. The van der Waals surface area contributed by atoms with Crippen LogP contribution in [0, 0.1) is 20.8 Å². The number of nitrogens with zero attached hydrogens (tertiary/aromatic N) is 2. The van der Waals surface area contributed by atoms with Crippen molar-refractivity contribution in [3.8, 4) is 0 Å². The Morgan fingerprint density at radius 2 is 1.81 bits per heavy atom. The van der Waals surface area contributed by atoms with Gasteiger partial charge in [0.05, 0.1) is 5.39 Å². The van der Waals surface area contributed by atoms with Gasteiger partial charge in [-0.25, -0.2) is 9.97 Å². The van der Waals surface area contributed by atoms with E-state index < -0.39 is 0 Å². The van der Waals surface area contributed by atoms with Gasteiger partial charge in [-0.05, 0) is 31.9 Å². The van der Waals surface area contributed by atoms with Crippen LogP contribution in [0.3, 0.4) is 0 Å². The largest absolute Gasteiger partial charge is 0.211 e. The minimum absolute atomic E-state index is 0.563. The van der Waals surface area contributed by atoms with Crippen LogP contribution in [-0.4, -0.2) is 9.97 Å². The molecule has 0 saturated heterocycles. The highest BCUT2D eigenvalue weighted by Crippen LogP contribution is 2.34. The monoisotopic (exact) mass is 334 g/mol. The number of thioether (sulfide) groups is 1. The maximum Gasteiger partial charge on any atom is 0.190 e. The van der Waals surface area contributed by atoms with E-state index in [0.29, 0.717) is 5.15 Å². The van der Waals surface area contributed by atoms with Gasteiger partial charge in [0.2, 0.25) is 0 Å². The number of aryl methyl sites for hydroxylation is 3. The molecule has 0 N–H and O–H groups in total. The van der Waals surface area contributed by atoms with Gasteiger partial charge in [-0.3, -0.25) is 0 Å². The van der Waals surface area contributed by atoms with Gasteiger partial charge in [0.1, 0.15) is 9.98 Å². The third kappa shape index (κ3) is 3.07. The first-order chi connectivity index (χ1) is 10.0. The quantitative estimate of drug-likeness (QED) is 0.356. The minimum atomic E-state index is 0.563. The summed E-state index contributed by atoms with van der Waals surface area (Å²) in [6, 6.07) is 8.53. The second kappa shape index (κ2) is 5.95. The molecule has 0 spiro atoms. The number of benzene rings is 1. The van der Waals surface area contributed by atoms with Crippen LogP contribution < -0.4 is 0 Å². The maximum absolute atomic E-state index is 6.33. The fraction of sp³-hybridized carbons (Fsp3) is 0.250. The Hall–Kier alpha value is -1.10. The van der Waals surface area contributed by atoms with Gasteiger partial charge in [0.25, 0.3) is 0 Å². The molecule has 3 rings (SSSR count). The van der Waals surface area contributed by atoms with E-state index >= 15 is 0 Å². The molecule has 21 heavy (non-hydrogen) atoms. The average molecular weight is 335 g/mol. The molecule has 0 bridgehead atoms. The van der Waals surface area contributed by atoms with E-state index in [9.17, 15) is 0 Å². The number of rotatable bonds is 3. The van der Waals surface area contributed by atoms with Crippen molar-refractivity contribution in [1.82, 2.24) is 9.97 Å². The molecule has 0 radical (unpaired) electrons. The molecule has 1 aromatic carbocycles. The van der Waals surface area contributed by atoms with Crippen LogP contribution in [-0.2, 0) is 5.75 Å². The van der Waals surface area contributed by atoms with E-state index in [4.69, 9.17) is 11.6 Å². The Morgan fingerprint density at radius 3 is 2.52 bits per heavy atom. The molecule has 5 heteroatoms. The molecular formula is C16H15ClN2S2. The van der Waals surface area contributed by atoms with Crippen LogP contribution in [0.25, 0.3) is 10.2 Å². The Kier molecular flexibility index (Phi) is 4.20. The van der Waals surface area contributed by atoms with E-state index in [2.05, 4.69) is 55.0 Å². The lowest BCUT2D eigenvalue weighted by Crippen LogP contribution is -1.89. The predicted octanol–water partition coefficient (Wildman–Crippen LogP) is 5.56. The number of hydrogen-bond acceptors (Lipinski definition) is 4. The molecule has 0 aliphatic rings. The van der Waals surface area contributed by atoms with Crippen molar-refractivity contribution >= 4 is 44.9 Å². The Bertz CT molecular complexity index is 794. The summed E-state index contributed by atoms with van der Waals surface area (Å²) in [5.74, 6) is 0.853. The number of aromatic nitrogens is 2. The fourth-order valence-corrected chi connectivity index (χ4v) is 4.38. The summed E-state index contributed by atoms with van der Waals surface area (Å²) >= 11 is 9.63. The first kappa shape index (κ1) is 14.8. The zero-order chi connectivity index (χ0) is 15.0. The van der Waals surface area contributed by atoms with Crippen molar-refractivity contribution < 1.29 is 0 Å². The van der Waals surface area contributed by atoms with Crippen molar-refractivity contribution in [3.05, 3.63) is 51.0 Å². The number of halogens is 1. The molecule has 0 saturated carbocycles. The molecule has 2 aromatic heterocycles. The van der Waals surface area contributed by atoms with E-state index in [1.54, 1.807) is 23.1 Å². The van der Waals surface area contributed by atoms with Crippen molar-refractivity contribution in [2.24, 2.45) is 0 Å². The lowest BCUT2D eigenvalue weighted by Gasteiger charge is -2.03. The fourth-order valence-electron chi connectivity index (χ4n) is 2.08. The molecule has 0 fully saturated rings. The van der Waals surface area contributed by atoms with Gasteiger partial charge in [-0.2, -0.15) is 0 Å². The SMILES string of the molecule is Cc1ccc(CSc2nc(Cl)c3c(C)c(C)sc3n2)cc1. The van der Waals surface area contributed by atoms with Crippen molar-refractivity contribution in [1.29, 1.82) is 0 Å². The van der Waals surface area contributed by atoms with Crippen molar-refractivity contribution in [2.75, 3.05) is 0 Å². The molecule has 2 heterocycles.